The van der Waals surface area contributed by atoms with E-state index in [9.17, 15) is 9.18 Å². The monoisotopic (exact) mass is 330 g/mol. The maximum Gasteiger partial charge on any atom is 0.271 e. The van der Waals surface area contributed by atoms with Crippen LogP contribution in [0.1, 0.15) is 38.8 Å². The number of carbonyl (C=O) groups is 1. The Hall–Kier alpha value is -2.70. The summed E-state index contributed by atoms with van der Waals surface area (Å²) in [4.78, 5) is 17.9. The minimum absolute atomic E-state index is 0.211. The second-order valence-electron chi connectivity index (χ2n) is 6.30. The molecule has 24 heavy (non-hydrogen) atoms. The van der Waals surface area contributed by atoms with Crippen LogP contribution in [-0.4, -0.2) is 27.0 Å². The maximum atomic E-state index is 13.0. The molecular weight excluding hydrogens is 311 g/mol. The molecule has 0 saturated carbocycles. The molecule has 0 spiro atoms. The second kappa shape index (κ2) is 6.07. The molecule has 1 amide bonds. The second-order valence-corrected chi connectivity index (χ2v) is 6.30. The lowest BCUT2D eigenvalue weighted by atomic mass is 9.95. The van der Waals surface area contributed by atoms with E-state index >= 15 is 0 Å². The van der Waals surface area contributed by atoms with Crippen LogP contribution in [0.25, 0.3) is 0 Å². The molecule has 1 atom stereocenters. The van der Waals surface area contributed by atoms with Gasteiger partial charge < -0.3 is 10.2 Å². The summed E-state index contributed by atoms with van der Waals surface area (Å²) in [5, 5.41) is 11.0. The van der Waals surface area contributed by atoms with E-state index in [0.29, 0.717) is 17.8 Å². The first-order chi connectivity index (χ1) is 11.4. The SMILES string of the molecule is CC(C)n1cc(NC(=O)[C@@]2(C)CC(c3ccc(F)cc3)=NO2)cn1. The predicted molar refractivity (Wildman–Crippen MR) is 88.3 cm³/mol. The number of halogens is 1. The number of amides is 1. The number of benzene rings is 1. The van der Waals surface area contributed by atoms with E-state index < -0.39 is 5.60 Å². The van der Waals surface area contributed by atoms with Gasteiger partial charge in [0.25, 0.3) is 5.91 Å². The summed E-state index contributed by atoms with van der Waals surface area (Å²) < 4.78 is 14.8. The van der Waals surface area contributed by atoms with E-state index in [1.165, 1.54) is 12.1 Å². The molecule has 1 aromatic carbocycles. The number of nitrogens with one attached hydrogen (secondary N) is 1. The highest BCUT2D eigenvalue weighted by Gasteiger charge is 2.42. The lowest BCUT2D eigenvalue weighted by Gasteiger charge is -2.19. The zero-order valence-electron chi connectivity index (χ0n) is 13.8. The van der Waals surface area contributed by atoms with E-state index in [-0.39, 0.29) is 17.8 Å². The fraction of sp³-hybridized carbons (Fsp3) is 0.353. The Labute approximate surface area is 139 Å². The zero-order chi connectivity index (χ0) is 17.3. The van der Waals surface area contributed by atoms with Crippen molar-refractivity contribution in [3.8, 4) is 0 Å². The van der Waals surface area contributed by atoms with Crippen molar-refractivity contribution in [2.45, 2.75) is 38.8 Å². The number of rotatable bonds is 4. The van der Waals surface area contributed by atoms with Gasteiger partial charge in [-0.3, -0.25) is 9.48 Å². The summed E-state index contributed by atoms with van der Waals surface area (Å²) in [6.45, 7) is 5.68. The molecule has 0 radical (unpaired) electrons. The largest absolute Gasteiger partial charge is 0.379 e. The van der Waals surface area contributed by atoms with Crippen LogP contribution in [0.2, 0.25) is 0 Å². The molecule has 126 valence electrons. The average molecular weight is 330 g/mol. The van der Waals surface area contributed by atoms with Crippen LogP contribution in [0.3, 0.4) is 0 Å². The van der Waals surface area contributed by atoms with Crippen LogP contribution in [0.15, 0.2) is 41.8 Å². The third-order valence-corrected chi connectivity index (χ3v) is 3.91. The molecule has 7 heteroatoms. The Morgan fingerprint density at radius 3 is 2.71 bits per heavy atom. The Kier molecular flexibility index (Phi) is 4.09. The van der Waals surface area contributed by atoms with Crippen LogP contribution in [0, 0.1) is 5.82 Å². The van der Waals surface area contributed by atoms with Gasteiger partial charge in [0.2, 0.25) is 5.60 Å². The highest BCUT2D eigenvalue weighted by atomic mass is 19.1. The van der Waals surface area contributed by atoms with E-state index in [0.717, 1.165) is 5.56 Å². The average Bonchev–Trinajstić information content (AvgIpc) is 3.16. The van der Waals surface area contributed by atoms with Crippen molar-refractivity contribution in [2.24, 2.45) is 5.16 Å². The molecule has 0 saturated heterocycles. The molecule has 1 aliphatic heterocycles. The van der Waals surface area contributed by atoms with Crippen molar-refractivity contribution in [3.05, 3.63) is 48.0 Å². The number of carbonyl (C=O) groups excluding carboxylic acids is 1. The molecule has 0 fully saturated rings. The van der Waals surface area contributed by atoms with Crippen molar-refractivity contribution in [2.75, 3.05) is 5.32 Å². The summed E-state index contributed by atoms with van der Waals surface area (Å²) in [5.74, 6) is -0.618. The van der Waals surface area contributed by atoms with E-state index in [2.05, 4.69) is 15.6 Å². The van der Waals surface area contributed by atoms with Crippen molar-refractivity contribution in [1.82, 2.24) is 9.78 Å². The number of oxime groups is 1. The summed E-state index contributed by atoms with van der Waals surface area (Å²) in [7, 11) is 0. The first kappa shape index (κ1) is 16.2. The number of aromatic nitrogens is 2. The molecule has 0 bridgehead atoms. The number of hydrogen-bond acceptors (Lipinski definition) is 4. The highest BCUT2D eigenvalue weighted by molar-refractivity contribution is 6.07. The van der Waals surface area contributed by atoms with Gasteiger partial charge in [-0.05, 0) is 38.5 Å². The third kappa shape index (κ3) is 3.15. The minimum atomic E-state index is -1.11. The van der Waals surface area contributed by atoms with Gasteiger partial charge in [-0.25, -0.2) is 4.39 Å². The molecule has 0 aliphatic carbocycles. The Morgan fingerprint density at radius 1 is 1.38 bits per heavy atom. The summed E-state index contributed by atoms with van der Waals surface area (Å²) >= 11 is 0. The van der Waals surface area contributed by atoms with E-state index in [1.54, 1.807) is 36.1 Å². The molecule has 1 N–H and O–H groups in total. The van der Waals surface area contributed by atoms with Crippen LogP contribution >= 0.6 is 0 Å². The van der Waals surface area contributed by atoms with Gasteiger partial charge in [-0.15, -0.1) is 0 Å². The van der Waals surface area contributed by atoms with Crippen LogP contribution in [0.5, 0.6) is 0 Å². The van der Waals surface area contributed by atoms with Gasteiger partial charge >= 0.3 is 0 Å². The lowest BCUT2D eigenvalue weighted by molar-refractivity contribution is -0.135. The van der Waals surface area contributed by atoms with Crippen LogP contribution in [-0.2, 0) is 9.63 Å². The van der Waals surface area contributed by atoms with Crippen molar-refractivity contribution in [3.63, 3.8) is 0 Å². The summed E-state index contributed by atoms with van der Waals surface area (Å²) in [6.07, 6.45) is 3.67. The van der Waals surface area contributed by atoms with Crippen molar-refractivity contribution < 1.29 is 14.0 Å². The predicted octanol–water partition coefficient (Wildman–Crippen LogP) is 3.12. The Bertz CT molecular complexity index is 782. The van der Waals surface area contributed by atoms with Crippen molar-refractivity contribution >= 4 is 17.3 Å². The number of anilines is 1. The van der Waals surface area contributed by atoms with Gasteiger partial charge in [0.15, 0.2) is 0 Å². The molecule has 0 unspecified atom stereocenters. The summed E-state index contributed by atoms with van der Waals surface area (Å²) in [5.41, 5.74) is 0.851. The molecule has 1 aliphatic rings. The quantitative estimate of drug-likeness (QED) is 0.936. The minimum Gasteiger partial charge on any atom is -0.379 e. The van der Waals surface area contributed by atoms with E-state index in [4.69, 9.17) is 4.84 Å². The molecule has 3 rings (SSSR count). The maximum absolute atomic E-state index is 13.0. The zero-order valence-corrected chi connectivity index (χ0v) is 13.8. The number of nitrogens with zero attached hydrogens (tertiary/aromatic N) is 3. The normalized spacial score (nSPS) is 20.0. The standard InChI is InChI=1S/C17H19FN4O2/c1-11(2)22-10-14(9-19-22)20-16(23)17(3)8-15(21-24-17)12-4-6-13(18)7-5-12/h4-7,9-11H,8H2,1-3H3,(H,20,23)/t17-/m1/s1. The summed E-state index contributed by atoms with van der Waals surface area (Å²) in [6, 6.07) is 6.16. The molecular formula is C17H19FN4O2. The van der Waals surface area contributed by atoms with E-state index in [1.807, 2.05) is 13.8 Å². The van der Waals surface area contributed by atoms with Gasteiger partial charge in [0.1, 0.15) is 5.82 Å². The highest BCUT2D eigenvalue weighted by Crippen LogP contribution is 2.28. The fourth-order valence-electron chi connectivity index (χ4n) is 2.41. The topological polar surface area (TPSA) is 68.5 Å². The molecule has 6 nitrogen and oxygen atoms in total. The molecule has 2 aromatic rings. The van der Waals surface area contributed by atoms with Crippen LogP contribution < -0.4 is 5.32 Å². The Morgan fingerprint density at radius 2 is 2.08 bits per heavy atom. The first-order valence-corrected chi connectivity index (χ1v) is 7.74. The Balaban J connectivity index is 1.68. The van der Waals surface area contributed by atoms with Crippen LogP contribution in [0.4, 0.5) is 10.1 Å². The molecule has 2 heterocycles. The third-order valence-electron chi connectivity index (χ3n) is 3.91. The van der Waals surface area contributed by atoms with Gasteiger partial charge in [0.05, 0.1) is 17.6 Å². The van der Waals surface area contributed by atoms with Gasteiger partial charge in [-0.1, -0.05) is 17.3 Å². The fourth-order valence-corrected chi connectivity index (χ4v) is 2.41. The molecule has 1 aromatic heterocycles. The van der Waals surface area contributed by atoms with Crippen molar-refractivity contribution in [1.29, 1.82) is 0 Å². The number of hydrogen-bond donors (Lipinski definition) is 1. The van der Waals surface area contributed by atoms with Gasteiger partial charge in [0, 0.05) is 18.7 Å². The smallest absolute Gasteiger partial charge is 0.271 e. The first-order valence-electron chi connectivity index (χ1n) is 7.74. The lowest BCUT2D eigenvalue weighted by Crippen LogP contribution is -2.40. The van der Waals surface area contributed by atoms with Gasteiger partial charge in [-0.2, -0.15) is 5.10 Å².